The lowest BCUT2D eigenvalue weighted by molar-refractivity contribution is -0.386. The lowest BCUT2D eigenvalue weighted by Crippen LogP contribution is -2.67. The Balaban J connectivity index is 0.595. The van der Waals surface area contributed by atoms with Gasteiger partial charge in [0, 0.05) is 11.5 Å². The van der Waals surface area contributed by atoms with Crippen molar-refractivity contribution in [2.75, 3.05) is 53.4 Å². The predicted octanol–water partition coefficient (Wildman–Crippen LogP) is -6.45. The monoisotopic (exact) mass is 1850 g/mol. The van der Waals surface area contributed by atoms with Crippen LogP contribution in [0, 0.1) is 50.2 Å². The largest absolute Gasteiger partial charge is 0.504 e. The molecule has 43 nitrogen and oxygen atoms in total. The number of fused-ring (bicyclic) bond motifs is 7. The van der Waals surface area contributed by atoms with Crippen LogP contribution in [0.3, 0.4) is 0 Å². The van der Waals surface area contributed by atoms with E-state index in [1.54, 1.807) is 0 Å². The van der Waals surface area contributed by atoms with Gasteiger partial charge >= 0.3 is 11.9 Å². The van der Waals surface area contributed by atoms with E-state index in [4.69, 9.17) is 85.3 Å². The number of rotatable bonds is 25. The minimum Gasteiger partial charge on any atom is -0.504 e. The molecule has 0 amide bonds. The second-order valence-electron chi connectivity index (χ2n) is 39.1. The second-order valence-corrected chi connectivity index (χ2v) is 39.1. The van der Waals surface area contributed by atoms with Crippen molar-refractivity contribution in [3.8, 4) is 11.5 Å². The molecule has 47 atom stereocenters. The van der Waals surface area contributed by atoms with E-state index in [1.165, 1.54) is 45.2 Å². The summed E-state index contributed by atoms with van der Waals surface area (Å²) in [6.07, 6.45) is -58.0. The molecule has 13 aliphatic rings. The number of esters is 2. The molecule has 23 N–H and O–H groups in total. The van der Waals surface area contributed by atoms with Gasteiger partial charge in [0.2, 0.25) is 6.29 Å². The standard InChI is InChI=1S/C86H132O43/c1-33-50(94)56(100)61(105)74(116-33)125-67-42(27-88)119-72(63(107)58(67)102)114-30-44-53(97)57(101)62(106)76(122-44)129-80(111)86-22-20-81(3,4)25-37(86)36-12-14-47-82(5)18-17-48(83(6,32-90)46(82)16-19-85(47,8)84(36,7)21-23-86)123-79-71(52(96)39(92)29-113-79)128-77-65(109)69(51(95)34(2)117-77)127-73-60(104)54(98)45(31-115-73)121-75-64(108)59(103)68(43(28-89)120-75)126-78-66(110)70(55(99)41(26-87)118-78)124-49(93)15-11-35-10-13-40(112-9)38(91)24-35/h10-13,15,24,33-34,37,39,41-48,50-79,87-92,94-110H,14,16-23,25-32H2,1-9H3/t33-,34-,37-,39-,41+,42+,43+,44+,45+,46+,47+,48-,50-,51-,52-,53+,54+,55+,56+,57-,58+,59+,60+,61+,62+,63+,64+,65+,66+,67+,68+,69+,70-,71+,72+,73-,74-,75-,76-,77-,78-,79-,82-,83-,84+,85+,86-/m0/s1. The SMILES string of the molecule is COc1ccc(C=CC(=O)O[C@@H]2[C@@H](O)[C@H](O[C@H]3[C@H](O)[C@@H](O)[C@H](O[C@@H]4CO[C@@H](O[C@@H]5[C@@H](O)[C@H](C)O[C@@H](O[C@H]6[C@H](O[C@H]7CC[C@@]8(C)[C@@H](CC[C@]9(C)[C@@H]8CC=C8[C@@H]%10CC(C)(C)CC[C@]%10(C(=O)O[C@@H]%10O[C@H](CO[C@@H]%11O[C@H](CO)[C@@H](O[C@@H]%12O[C@@H](C)[C@H](O)[C@@H](O)[C@H]%12O)[C@H](O)[C@H]%11O)[C@@H](O)[C@H](O)[C@H]%10O)CC[C@]89C)[C@]7(C)CO)OC[C@H](O)[C@@H]6O)[C@@H]5O)[C@H](O)[C@@H]4O)O[C@@H]3CO)O[C@H](CO)[C@H]2O)cc1O. The summed E-state index contributed by atoms with van der Waals surface area (Å²) < 4.78 is 106. The highest BCUT2D eigenvalue weighted by Crippen LogP contribution is 2.76. The van der Waals surface area contributed by atoms with Crippen molar-refractivity contribution in [1.29, 1.82) is 0 Å². The van der Waals surface area contributed by atoms with E-state index in [2.05, 4.69) is 40.7 Å². The van der Waals surface area contributed by atoms with Crippen LogP contribution < -0.4 is 4.74 Å². The van der Waals surface area contributed by atoms with E-state index >= 15 is 4.79 Å². The molecule has 0 bridgehead atoms. The second kappa shape index (κ2) is 39.7. The molecule has 0 aromatic heterocycles. The number of allylic oxidation sites excluding steroid dienone is 2. The van der Waals surface area contributed by atoms with Gasteiger partial charge in [-0.1, -0.05) is 59.3 Å². The molecule has 5 aliphatic carbocycles. The van der Waals surface area contributed by atoms with E-state index in [1.807, 2.05) is 6.92 Å². The van der Waals surface area contributed by atoms with Crippen LogP contribution >= 0.6 is 0 Å². The first-order valence-electron chi connectivity index (χ1n) is 44.4. The Kier molecular flexibility index (Phi) is 31.0. The van der Waals surface area contributed by atoms with Gasteiger partial charge in [-0.3, -0.25) is 4.79 Å². The summed E-state index contributed by atoms with van der Waals surface area (Å²) in [6, 6.07) is 4.22. The molecule has 0 radical (unpaired) electrons. The average molecular weight is 1850 g/mol. The third-order valence-corrected chi connectivity index (χ3v) is 31.0. The molecule has 8 aliphatic heterocycles. The van der Waals surface area contributed by atoms with Crippen LogP contribution in [0.15, 0.2) is 35.9 Å². The van der Waals surface area contributed by atoms with Crippen molar-refractivity contribution in [2.24, 2.45) is 50.2 Å². The molecule has 14 rings (SSSR count). The molecular formula is C86H132O43. The first kappa shape index (κ1) is 101. The number of hydrogen-bond acceptors (Lipinski definition) is 43. The fourth-order valence-electron chi connectivity index (χ4n) is 22.9. The molecular weight excluding hydrogens is 1720 g/mol. The summed E-state index contributed by atoms with van der Waals surface area (Å²) in [5.41, 5.74) is -2.37. The molecule has 4 saturated carbocycles. The van der Waals surface area contributed by atoms with Gasteiger partial charge in [-0.05, 0) is 141 Å². The molecule has 1 aromatic carbocycles. The summed E-state index contributed by atoms with van der Waals surface area (Å²) in [5.74, 6) is -2.46. The molecule has 1 aromatic rings. The highest BCUT2D eigenvalue weighted by atomic mass is 16.8. The number of aliphatic hydroxyl groups is 22. The van der Waals surface area contributed by atoms with E-state index < -0.39 is 318 Å². The Hall–Kier alpha value is -4.24. The first-order valence-corrected chi connectivity index (χ1v) is 44.4. The molecule has 8 heterocycles. The zero-order valence-corrected chi connectivity index (χ0v) is 73.2. The number of phenolic OH excluding ortho intramolecular Hbond substituents is 1. The van der Waals surface area contributed by atoms with Gasteiger partial charge in [-0.15, -0.1) is 0 Å². The van der Waals surface area contributed by atoms with Gasteiger partial charge in [0.25, 0.3) is 0 Å². The number of methoxy groups -OCH3 is 1. The Morgan fingerprint density at radius 2 is 1.02 bits per heavy atom. The van der Waals surface area contributed by atoms with Gasteiger partial charge in [0.1, 0.15) is 165 Å². The maximum atomic E-state index is 15.5. The van der Waals surface area contributed by atoms with Gasteiger partial charge in [0.05, 0.1) is 77.1 Å². The van der Waals surface area contributed by atoms with Crippen molar-refractivity contribution in [1.82, 2.24) is 0 Å². The van der Waals surface area contributed by atoms with Crippen LogP contribution in [-0.2, 0) is 90.1 Å². The van der Waals surface area contributed by atoms with Crippen molar-refractivity contribution >= 4 is 18.0 Å². The molecule has 0 unspecified atom stereocenters. The summed E-state index contributed by atoms with van der Waals surface area (Å²) in [7, 11) is 1.34. The van der Waals surface area contributed by atoms with Crippen LogP contribution in [0.5, 0.6) is 11.5 Å². The maximum Gasteiger partial charge on any atom is 0.331 e. The smallest absolute Gasteiger partial charge is 0.331 e. The molecule has 43 heteroatoms. The Morgan fingerprint density at radius 1 is 0.473 bits per heavy atom. The third kappa shape index (κ3) is 18.8. The lowest BCUT2D eigenvalue weighted by Gasteiger charge is -2.71. The average Bonchev–Trinajstić information content (AvgIpc) is 0.672. The van der Waals surface area contributed by atoms with Crippen molar-refractivity contribution in [2.45, 2.75) is 359 Å². The minimum atomic E-state index is -2.11. The Morgan fingerprint density at radius 3 is 1.67 bits per heavy atom. The van der Waals surface area contributed by atoms with Gasteiger partial charge in [0.15, 0.2) is 61.6 Å². The molecule has 0 spiro atoms. The number of aromatic hydroxyl groups is 1. The van der Waals surface area contributed by atoms with E-state index in [0.29, 0.717) is 69.8 Å². The first-order chi connectivity index (χ1) is 60.9. The fourth-order valence-corrected chi connectivity index (χ4v) is 22.9. The van der Waals surface area contributed by atoms with Gasteiger partial charge in [-0.25, -0.2) is 4.79 Å². The molecule has 12 fully saturated rings. The van der Waals surface area contributed by atoms with E-state index in [-0.39, 0.29) is 41.3 Å². The number of hydrogen-bond donors (Lipinski definition) is 23. The zero-order valence-electron chi connectivity index (χ0n) is 73.2. The number of carbonyl (C=O) groups excluding carboxylic acids is 2. The summed E-state index contributed by atoms with van der Waals surface area (Å²) in [6.45, 7) is 11.0. The number of ether oxygens (including phenoxy) is 18. The van der Waals surface area contributed by atoms with Crippen LogP contribution in [0.1, 0.15) is 125 Å². The lowest BCUT2D eigenvalue weighted by atomic mass is 9.33. The molecule has 8 saturated heterocycles. The third-order valence-electron chi connectivity index (χ3n) is 31.0. The highest BCUT2D eigenvalue weighted by molar-refractivity contribution is 5.87. The topological polar surface area (TPSA) is 666 Å². The highest BCUT2D eigenvalue weighted by Gasteiger charge is 2.72. The Labute approximate surface area is 743 Å². The van der Waals surface area contributed by atoms with Gasteiger partial charge in [-0.2, -0.15) is 0 Å². The van der Waals surface area contributed by atoms with Gasteiger partial charge < -0.3 is 203 Å². The van der Waals surface area contributed by atoms with Crippen LogP contribution in [0.4, 0.5) is 0 Å². The zero-order chi connectivity index (χ0) is 93.7. The quantitative estimate of drug-likeness (QED) is 0.0187. The summed E-state index contributed by atoms with van der Waals surface area (Å²) >= 11 is 0. The fraction of sp³-hybridized carbons (Fsp3) is 0.860. The number of benzene rings is 1. The summed E-state index contributed by atoms with van der Waals surface area (Å²) in [4.78, 5) is 28.5. The normalized spacial score (nSPS) is 50.7. The number of phenols is 1. The van der Waals surface area contributed by atoms with E-state index in [0.717, 1.165) is 11.6 Å². The van der Waals surface area contributed by atoms with Crippen LogP contribution in [-0.4, -0.2) is 422 Å². The number of aliphatic hydroxyl groups excluding tert-OH is 22. The molecule has 129 heavy (non-hydrogen) atoms. The number of carbonyl (C=O) groups is 2. The minimum absolute atomic E-state index is 0.000201. The van der Waals surface area contributed by atoms with Crippen LogP contribution in [0.25, 0.3) is 6.08 Å². The van der Waals surface area contributed by atoms with Crippen molar-refractivity contribution in [3.05, 3.63) is 41.5 Å². The predicted molar refractivity (Wildman–Crippen MR) is 427 cm³/mol. The molecule has 734 valence electrons. The van der Waals surface area contributed by atoms with Crippen molar-refractivity contribution in [3.63, 3.8) is 0 Å². The van der Waals surface area contributed by atoms with E-state index in [9.17, 15) is 122 Å². The van der Waals surface area contributed by atoms with Crippen molar-refractivity contribution < 1.29 is 212 Å². The van der Waals surface area contributed by atoms with Crippen LogP contribution in [0.2, 0.25) is 0 Å². The maximum absolute atomic E-state index is 15.5. The Bertz CT molecular complexity index is 4000. The summed E-state index contributed by atoms with van der Waals surface area (Å²) in [5, 5.41) is 256.